The molecule has 2 amide bonds. The van der Waals surface area contributed by atoms with Gasteiger partial charge < -0.3 is 10.2 Å². The molecule has 7 nitrogen and oxygen atoms in total. The average Bonchev–Trinajstić information content (AvgIpc) is 2.79. The van der Waals surface area contributed by atoms with Crippen LogP contribution in [0.4, 0.5) is 14.5 Å². The van der Waals surface area contributed by atoms with Crippen molar-refractivity contribution in [2.45, 2.75) is 24.0 Å². The molecule has 32 heavy (non-hydrogen) atoms. The van der Waals surface area contributed by atoms with Crippen LogP contribution >= 0.6 is 0 Å². The molecule has 0 radical (unpaired) electrons. The Labute approximate surface area is 185 Å². The minimum absolute atomic E-state index is 0.124. The molecule has 1 N–H and O–H groups in total. The zero-order valence-electron chi connectivity index (χ0n) is 17.6. The second-order valence-corrected chi connectivity index (χ2v) is 9.38. The highest BCUT2D eigenvalue weighted by atomic mass is 32.2. The van der Waals surface area contributed by atoms with Crippen LogP contribution in [0.5, 0.6) is 0 Å². The Balaban J connectivity index is 1.53. The maximum atomic E-state index is 12.7. The van der Waals surface area contributed by atoms with Crippen LogP contribution in [0, 0.1) is 0 Å². The predicted molar refractivity (Wildman–Crippen MR) is 116 cm³/mol. The van der Waals surface area contributed by atoms with Crippen LogP contribution in [0.15, 0.2) is 53.4 Å². The van der Waals surface area contributed by atoms with Gasteiger partial charge in [-0.2, -0.15) is 8.78 Å². The molecule has 0 spiro atoms. The largest absolute Gasteiger partial charge is 0.341 e. The lowest BCUT2D eigenvalue weighted by atomic mass is 10.1. The maximum Gasteiger partial charge on any atom is 0.341 e. The maximum absolute atomic E-state index is 12.7. The van der Waals surface area contributed by atoms with Gasteiger partial charge in [0, 0.05) is 37.4 Å². The monoisotopic (exact) mass is 465 g/mol. The highest BCUT2D eigenvalue weighted by molar-refractivity contribution is 7.91. The second-order valence-electron chi connectivity index (χ2n) is 7.46. The van der Waals surface area contributed by atoms with Crippen LogP contribution in [0.25, 0.3) is 0 Å². The van der Waals surface area contributed by atoms with Crippen LogP contribution < -0.4 is 5.32 Å². The number of benzene rings is 2. The molecule has 10 heteroatoms. The molecular formula is C22H25F2N3O4S. The van der Waals surface area contributed by atoms with Gasteiger partial charge in [0.25, 0.3) is 5.91 Å². The van der Waals surface area contributed by atoms with Gasteiger partial charge >= 0.3 is 5.76 Å². The molecule has 0 saturated carbocycles. The van der Waals surface area contributed by atoms with Gasteiger partial charge in [0.05, 0.1) is 11.4 Å². The van der Waals surface area contributed by atoms with Gasteiger partial charge in [-0.05, 0) is 42.3 Å². The Morgan fingerprint density at radius 1 is 1.00 bits per heavy atom. The van der Waals surface area contributed by atoms with Crippen molar-refractivity contribution in [3.8, 4) is 0 Å². The first-order valence-electron chi connectivity index (χ1n) is 10.2. The molecule has 3 rings (SSSR count). The number of nitrogens with zero attached hydrogens (tertiary/aromatic N) is 2. The molecule has 1 aliphatic rings. The highest BCUT2D eigenvalue weighted by Gasteiger charge is 2.27. The molecular weight excluding hydrogens is 440 g/mol. The standard InChI is InChI=1S/C22H25F2N3O4S/c1-2-16-5-3-4-6-19(16)25-20(28)15-26-11-13-27(14-12-26)21(29)17-7-9-18(10-8-17)32(30,31)22(23)24/h3-10,22H,2,11-15H2,1H3,(H,25,28). The first-order valence-corrected chi connectivity index (χ1v) is 11.8. The summed E-state index contributed by atoms with van der Waals surface area (Å²) >= 11 is 0. The van der Waals surface area contributed by atoms with Crippen LogP contribution in [0.3, 0.4) is 0 Å². The van der Waals surface area contributed by atoms with Crippen molar-refractivity contribution in [2.24, 2.45) is 0 Å². The number of carbonyl (C=O) groups excluding carboxylic acids is 2. The fraction of sp³-hybridized carbons (Fsp3) is 0.364. The van der Waals surface area contributed by atoms with E-state index in [1.807, 2.05) is 36.1 Å². The molecule has 0 aliphatic carbocycles. The van der Waals surface area contributed by atoms with Crippen molar-refractivity contribution in [1.29, 1.82) is 0 Å². The summed E-state index contributed by atoms with van der Waals surface area (Å²) in [5, 5.41) is 2.93. The predicted octanol–water partition coefficient (Wildman–Crippen LogP) is 2.64. The number of aryl methyl sites for hydroxylation is 1. The summed E-state index contributed by atoms with van der Waals surface area (Å²) in [5.41, 5.74) is 2.08. The summed E-state index contributed by atoms with van der Waals surface area (Å²) in [6.45, 7) is 4.04. The van der Waals surface area contributed by atoms with Crippen LogP contribution in [0.1, 0.15) is 22.8 Å². The van der Waals surface area contributed by atoms with E-state index in [9.17, 15) is 26.8 Å². The summed E-state index contributed by atoms with van der Waals surface area (Å²) in [5.74, 6) is -3.95. The number of nitrogens with one attached hydrogen (secondary N) is 1. The minimum Gasteiger partial charge on any atom is -0.336 e. The molecule has 0 bridgehead atoms. The van der Waals surface area contributed by atoms with E-state index in [0.717, 1.165) is 29.8 Å². The zero-order valence-corrected chi connectivity index (χ0v) is 18.4. The lowest BCUT2D eigenvalue weighted by Gasteiger charge is -2.34. The number of amides is 2. The van der Waals surface area contributed by atoms with E-state index in [-0.39, 0.29) is 23.9 Å². The SMILES string of the molecule is CCc1ccccc1NC(=O)CN1CCN(C(=O)c2ccc(S(=O)(=O)C(F)F)cc2)CC1. The van der Waals surface area contributed by atoms with Crippen molar-refractivity contribution >= 4 is 27.3 Å². The molecule has 1 heterocycles. The number of halogens is 2. The van der Waals surface area contributed by atoms with E-state index in [2.05, 4.69) is 5.32 Å². The van der Waals surface area contributed by atoms with E-state index >= 15 is 0 Å². The van der Waals surface area contributed by atoms with E-state index in [1.165, 1.54) is 12.1 Å². The fourth-order valence-corrected chi connectivity index (χ4v) is 4.25. The van der Waals surface area contributed by atoms with Gasteiger partial charge in [-0.3, -0.25) is 14.5 Å². The average molecular weight is 466 g/mol. The molecule has 2 aromatic carbocycles. The summed E-state index contributed by atoms with van der Waals surface area (Å²) in [6.07, 6.45) is 0.812. The van der Waals surface area contributed by atoms with Gasteiger partial charge in [0.2, 0.25) is 15.7 Å². The summed E-state index contributed by atoms with van der Waals surface area (Å²) < 4.78 is 48.3. The number of carbonyl (C=O) groups is 2. The number of alkyl halides is 2. The molecule has 0 atom stereocenters. The van der Waals surface area contributed by atoms with Crippen LogP contribution in [-0.4, -0.2) is 68.5 Å². The van der Waals surface area contributed by atoms with E-state index in [1.54, 1.807) is 4.90 Å². The fourth-order valence-electron chi connectivity index (χ4n) is 3.53. The third-order valence-electron chi connectivity index (χ3n) is 5.36. The number of anilines is 1. The van der Waals surface area contributed by atoms with Gasteiger partial charge in [0.1, 0.15) is 0 Å². The number of sulfone groups is 1. The molecule has 1 fully saturated rings. The van der Waals surface area contributed by atoms with Crippen molar-refractivity contribution in [3.05, 3.63) is 59.7 Å². The molecule has 1 saturated heterocycles. The van der Waals surface area contributed by atoms with E-state index in [0.29, 0.717) is 26.2 Å². The lowest BCUT2D eigenvalue weighted by Crippen LogP contribution is -2.50. The smallest absolute Gasteiger partial charge is 0.336 e. The van der Waals surface area contributed by atoms with Crippen molar-refractivity contribution < 1.29 is 26.8 Å². The van der Waals surface area contributed by atoms with Crippen molar-refractivity contribution in [2.75, 3.05) is 38.0 Å². The second kappa shape index (κ2) is 10.2. The van der Waals surface area contributed by atoms with E-state index in [4.69, 9.17) is 0 Å². The van der Waals surface area contributed by atoms with E-state index < -0.39 is 20.5 Å². The number of hydrogen-bond donors (Lipinski definition) is 1. The molecule has 172 valence electrons. The lowest BCUT2D eigenvalue weighted by molar-refractivity contribution is -0.117. The third-order valence-corrected chi connectivity index (χ3v) is 6.76. The summed E-state index contributed by atoms with van der Waals surface area (Å²) in [7, 11) is -4.69. The Morgan fingerprint density at radius 2 is 1.62 bits per heavy atom. The molecule has 1 aliphatic heterocycles. The zero-order chi connectivity index (χ0) is 23.3. The Hall–Kier alpha value is -2.85. The van der Waals surface area contributed by atoms with Crippen LogP contribution in [0.2, 0.25) is 0 Å². The minimum atomic E-state index is -4.69. The third kappa shape index (κ3) is 5.49. The van der Waals surface area contributed by atoms with Gasteiger partial charge in [0.15, 0.2) is 0 Å². The molecule has 2 aromatic rings. The topological polar surface area (TPSA) is 86.8 Å². The first-order chi connectivity index (χ1) is 15.2. The Bertz CT molecular complexity index is 1070. The summed E-state index contributed by atoms with van der Waals surface area (Å²) in [4.78, 5) is 28.1. The number of rotatable bonds is 7. The number of hydrogen-bond acceptors (Lipinski definition) is 5. The molecule has 0 aromatic heterocycles. The van der Waals surface area contributed by atoms with Crippen molar-refractivity contribution in [3.63, 3.8) is 0 Å². The Morgan fingerprint density at radius 3 is 2.22 bits per heavy atom. The Kier molecular flexibility index (Phi) is 7.57. The van der Waals surface area contributed by atoms with Gasteiger partial charge in [-0.15, -0.1) is 0 Å². The molecule has 0 unspecified atom stereocenters. The quantitative estimate of drug-likeness (QED) is 0.680. The van der Waals surface area contributed by atoms with Crippen molar-refractivity contribution in [1.82, 2.24) is 9.80 Å². The first kappa shape index (κ1) is 23.8. The summed E-state index contributed by atoms with van der Waals surface area (Å²) in [6, 6.07) is 12.1. The number of para-hydroxylation sites is 1. The highest BCUT2D eigenvalue weighted by Crippen LogP contribution is 2.20. The normalized spacial score (nSPS) is 15.1. The number of piperazine rings is 1. The van der Waals surface area contributed by atoms with Gasteiger partial charge in [-0.25, -0.2) is 8.42 Å². The van der Waals surface area contributed by atoms with Gasteiger partial charge in [-0.1, -0.05) is 25.1 Å². The van der Waals surface area contributed by atoms with Crippen LogP contribution in [-0.2, 0) is 21.1 Å².